The van der Waals surface area contributed by atoms with Crippen molar-refractivity contribution in [3.63, 3.8) is 0 Å². The van der Waals surface area contributed by atoms with Crippen molar-refractivity contribution in [3.8, 4) is 0 Å². The highest BCUT2D eigenvalue weighted by Gasteiger charge is 2.41. The molecule has 2 aromatic carbocycles. The van der Waals surface area contributed by atoms with Gasteiger partial charge in [0, 0.05) is 19.1 Å². The van der Waals surface area contributed by atoms with Crippen LogP contribution in [0, 0.1) is 0 Å². The van der Waals surface area contributed by atoms with Crippen LogP contribution in [0.25, 0.3) is 0 Å². The summed E-state index contributed by atoms with van der Waals surface area (Å²) in [7, 11) is -4.49. The Balaban J connectivity index is 1.35. The molecule has 2 unspecified atom stereocenters. The number of nitrogens with one attached hydrogen (secondary N) is 1. The van der Waals surface area contributed by atoms with Gasteiger partial charge in [0.25, 0.3) is 10.1 Å². The minimum absolute atomic E-state index is 0.0446. The SMILES string of the molecule is CC(C)(C)OC(=O)N1CC(OS(=O)(=O)c2ccc(C(F)(F)F)cc2)CCC1C(=O)NC1CCN(C(=O)OCc2ccccc2)CC1. The lowest BCUT2D eigenvalue weighted by atomic mass is 9.98. The topological polar surface area (TPSA) is 132 Å². The molecule has 2 aromatic rings. The van der Waals surface area contributed by atoms with Crippen LogP contribution in [0.15, 0.2) is 59.5 Å². The van der Waals surface area contributed by atoms with Crippen LogP contribution in [0.2, 0.25) is 0 Å². The molecule has 0 radical (unpaired) electrons. The van der Waals surface area contributed by atoms with Gasteiger partial charge in [-0.2, -0.15) is 21.6 Å². The van der Waals surface area contributed by atoms with Gasteiger partial charge in [0.2, 0.25) is 5.91 Å². The summed E-state index contributed by atoms with van der Waals surface area (Å²) in [5, 5.41) is 2.94. The van der Waals surface area contributed by atoms with Gasteiger partial charge in [0.15, 0.2) is 0 Å². The molecule has 0 aliphatic carbocycles. The Hall–Kier alpha value is -3.85. The highest BCUT2D eigenvalue weighted by Crippen LogP contribution is 2.31. The molecule has 2 atom stereocenters. The molecule has 11 nitrogen and oxygen atoms in total. The van der Waals surface area contributed by atoms with Crippen molar-refractivity contribution >= 4 is 28.2 Å². The van der Waals surface area contributed by atoms with Gasteiger partial charge in [-0.3, -0.25) is 13.9 Å². The van der Waals surface area contributed by atoms with Crippen molar-refractivity contribution in [2.75, 3.05) is 19.6 Å². The Labute approximate surface area is 266 Å². The second-order valence-corrected chi connectivity index (χ2v) is 13.8. The average Bonchev–Trinajstić information content (AvgIpc) is 2.99. The zero-order chi connectivity index (χ0) is 33.7. The predicted molar refractivity (Wildman–Crippen MR) is 159 cm³/mol. The fourth-order valence-corrected chi connectivity index (χ4v) is 6.27. The number of amides is 3. The lowest BCUT2D eigenvalue weighted by Crippen LogP contribution is -2.58. The standard InChI is InChI=1S/C31H38F3N3O8S/c1-30(2,3)44-29(40)37-19-24(45-46(41,42)25-12-9-22(10-13-25)31(32,33)34)11-14-26(37)27(38)35-23-15-17-36(18-16-23)28(39)43-20-21-7-5-4-6-8-21/h4-10,12-13,23-24,26H,11,14-20H2,1-3H3,(H,35,38). The Morgan fingerprint density at radius 3 is 2.11 bits per heavy atom. The Kier molecular flexibility index (Phi) is 10.9. The summed E-state index contributed by atoms with van der Waals surface area (Å²) in [5.74, 6) is -0.458. The van der Waals surface area contributed by atoms with Crippen molar-refractivity contribution in [2.45, 2.75) is 87.9 Å². The first-order valence-electron chi connectivity index (χ1n) is 14.9. The highest BCUT2D eigenvalue weighted by atomic mass is 32.2. The monoisotopic (exact) mass is 669 g/mol. The molecule has 2 aliphatic heterocycles. The first-order valence-corrected chi connectivity index (χ1v) is 16.3. The maximum atomic E-state index is 13.4. The van der Waals surface area contributed by atoms with Crippen LogP contribution >= 0.6 is 0 Å². The van der Waals surface area contributed by atoms with Gasteiger partial charge in [-0.1, -0.05) is 30.3 Å². The molecule has 0 bridgehead atoms. The van der Waals surface area contributed by atoms with Gasteiger partial charge < -0.3 is 19.7 Å². The van der Waals surface area contributed by atoms with Gasteiger partial charge in [0.1, 0.15) is 18.2 Å². The smallest absolute Gasteiger partial charge is 0.416 e. The number of rotatable bonds is 7. The molecule has 4 rings (SSSR count). The van der Waals surface area contributed by atoms with Crippen molar-refractivity contribution in [1.29, 1.82) is 0 Å². The number of ether oxygens (including phenoxy) is 2. The number of piperidine rings is 2. The number of hydrogen-bond acceptors (Lipinski definition) is 8. The summed E-state index contributed by atoms with van der Waals surface area (Å²) in [6.07, 6.45) is -5.97. The van der Waals surface area contributed by atoms with Gasteiger partial charge >= 0.3 is 18.4 Å². The van der Waals surface area contributed by atoms with Crippen molar-refractivity contribution in [3.05, 3.63) is 65.7 Å². The van der Waals surface area contributed by atoms with Crippen molar-refractivity contribution < 1.29 is 49.6 Å². The molecule has 252 valence electrons. The van der Waals surface area contributed by atoms with E-state index in [0.717, 1.165) is 22.6 Å². The molecule has 1 N–H and O–H groups in total. The van der Waals surface area contributed by atoms with Crippen LogP contribution in [0.1, 0.15) is 57.6 Å². The molecule has 15 heteroatoms. The number of halogens is 3. The van der Waals surface area contributed by atoms with E-state index in [4.69, 9.17) is 13.7 Å². The summed E-state index contributed by atoms with van der Waals surface area (Å²) in [4.78, 5) is 41.3. The highest BCUT2D eigenvalue weighted by molar-refractivity contribution is 7.86. The van der Waals surface area contributed by atoms with Gasteiger partial charge in [0.05, 0.1) is 23.1 Å². The average molecular weight is 670 g/mol. The van der Waals surface area contributed by atoms with Crippen LogP contribution in [0.5, 0.6) is 0 Å². The van der Waals surface area contributed by atoms with Gasteiger partial charge in [-0.15, -0.1) is 0 Å². The molecule has 46 heavy (non-hydrogen) atoms. The number of carbonyl (C=O) groups excluding carboxylic acids is 3. The molecular weight excluding hydrogens is 631 g/mol. The quantitative estimate of drug-likeness (QED) is 0.403. The number of hydrogen-bond donors (Lipinski definition) is 1. The third-order valence-corrected chi connectivity index (χ3v) is 8.88. The number of alkyl halides is 3. The molecular formula is C31H38F3N3O8S. The minimum Gasteiger partial charge on any atom is -0.445 e. The van der Waals surface area contributed by atoms with Crippen LogP contribution in [-0.2, 0) is 41.4 Å². The predicted octanol–water partition coefficient (Wildman–Crippen LogP) is 5.10. The lowest BCUT2D eigenvalue weighted by molar-refractivity contribution is -0.137. The van der Waals surface area contributed by atoms with E-state index in [2.05, 4.69) is 5.32 Å². The molecule has 0 aromatic heterocycles. The van der Waals surface area contributed by atoms with Crippen molar-refractivity contribution in [2.24, 2.45) is 0 Å². The third-order valence-electron chi connectivity index (χ3n) is 7.51. The van der Waals surface area contributed by atoms with Crippen LogP contribution < -0.4 is 5.32 Å². The van der Waals surface area contributed by atoms with E-state index in [1.165, 1.54) is 0 Å². The summed E-state index contributed by atoms with van der Waals surface area (Å²) in [6, 6.07) is 10.9. The van der Waals surface area contributed by atoms with E-state index in [9.17, 15) is 36.0 Å². The van der Waals surface area contributed by atoms with Crippen LogP contribution in [0.3, 0.4) is 0 Å². The Bertz CT molecular complexity index is 1470. The van der Waals surface area contributed by atoms with Crippen LogP contribution in [-0.4, -0.2) is 79.7 Å². The third kappa shape index (κ3) is 9.58. The summed E-state index contributed by atoms with van der Waals surface area (Å²) in [6.45, 7) is 5.49. The fourth-order valence-electron chi connectivity index (χ4n) is 5.17. The van der Waals surface area contributed by atoms with E-state index < -0.39 is 62.6 Å². The molecule has 0 saturated carbocycles. The zero-order valence-electron chi connectivity index (χ0n) is 25.8. The molecule has 2 saturated heterocycles. The zero-order valence-corrected chi connectivity index (χ0v) is 26.6. The maximum Gasteiger partial charge on any atom is 0.416 e. The van der Waals surface area contributed by atoms with Crippen LogP contribution in [0.4, 0.5) is 22.8 Å². The molecule has 2 heterocycles. The van der Waals surface area contributed by atoms with Crippen molar-refractivity contribution in [1.82, 2.24) is 15.1 Å². The van der Waals surface area contributed by atoms with E-state index in [0.29, 0.717) is 38.1 Å². The number of likely N-dealkylation sites (tertiary alicyclic amines) is 2. The van der Waals surface area contributed by atoms with E-state index in [1.807, 2.05) is 30.3 Å². The normalized spacial score (nSPS) is 19.8. The minimum atomic E-state index is -4.64. The Morgan fingerprint density at radius 2 is 1.52 bits per heavy atom. The summed E-state index contributed by atoms with van der Waals surface area (Å²) in [5.41, 5.74) is -1.06. The second kappa shape index (κ2) is 14.3. The van der Waals surface area contributed by atoms with E-state index in [-0.39, 0.29) is 32.0 Å². The lowest BCUT2D eigenvalue weighted by Gasteiger charge is -2.40. The molecule has 2 fully saturated rings. The Morgan fingerprint density at radius 1 is 0.891 bits per heavy atom. The molecule has 3 amide bonds. The summed E-state index contributed by atoms with van der Waals surface area (Å²) < 4.78 is 80.7. The van der Waals surface area contributed by atoms with E-state index in [1.54, 1.807) is 25.7 Å². The summed E-state index contributed by atoms with van der Waals surface area (Å²) >= 11 is 0. The first kappa shape index (κ1) is 35.0. The molecule has 0 spiro atoms. The number of nitrogens with zero attached hydrogens (tertiary/aromatic N) is 2. The van der Waals surface area contributed by atoms with E-state index >= 15 is 0 Å². The number of carbonyl (C=O) groups is 3. The largest absolute Gasteiger partial charge is 0.445 e. The number of benzene rings is 2. The maximum absolute atomic E-state index is 13.4. The first-order chi connectivity index (χ1) is 21.5. The fraction of sp³-hybridized carbons (Fsp3) is 0.516. The second-order valence-electron chi connectivity index (χ2n) is 12.2. The molecule has 2 aliphatic rings. The van der Waals surface area contributed by atoms with Gasteiger partial charge in [-0.25, -0.2) is 9.59 Å². The van der Waals surface area contributed by atoms with Gasteiger partial charge in [-0.05, 0) is 76.3 Å².